The number of hydrogen-bond acceptors (Lipinski definition) is 4. The van der Waals surface area contributed by atoms with E-state index in [1.165, 1.54) is 4.90 Å². The Morgan fingerprint density at radius 2 is 2.11 bits per heavy atom. The van der Waals surface area contributed by atoms with Gasteiger partial charge in [0.1, 0.15) is 0 Å². The Hall–Kier alpha value is -0.940. The molecule has 102 valence electrons. The van der Waals surface area contributed by atoms with Crippen molar-refractivity contribution in [2.45, 2.75) is 44.6 Å². The van der Waals surface area contributed by atoms with Crippen molar-refractivity contribution in [3.63, 3.8) is 0 Å². The van der Waals surface area contributed by atoms with Crippen LogP contribution in [0.3, 0.4) is 0 Å². The third kappa shape index (κ3) is 3.09. The molecule has 0 aliphatic carbocycles. The van der Waals surface area contributed by atoms with Gasteiger partial charge in [-0.1, -0.05) is 6.42 Å². The molecule has 0 aromatic rings. The minimum atomic E-state index is -0.0673. The first-order valence-corrected chi connectivity index (χ1v) is 6.90. The lowest BCUT2D eigenvalue weighted by Gasteiger charge is -2.35. The number of aliphatic hydroxyl groups is 1. The third-order valence-electron chi connectivity index (χ3n) is 3.92. The van der Waals surface area contributed by atoms with Crippen LogP contribution < -0.4 is 0 Å². The first-order valence-electron chi connectivity index (χ1n) is 6.90. The van der Waals surface area contributed by atoms with Crippen LogP contribution in [0.5, 0.6) is 0 Å². The van der Waals surface area contributed by atoms with Crippen LogP contribution in [0.15, 0.2) is 0 Å². The van der Waals surface area contributed by atoms with Crippen molar-refractivity contribution in [1.29, 1.82) is 0 Å². The fourth-order valence-corrected chi connectivity index (χ4v) is 2.92. The molecule has 1 unspecified atom stereocenters. The molecule has 2 fully saturated rings. The van der Waals surface area contributed by atoms with E-state index in [0.717, 1.165) is 38.6 Å². The molecule has 2 rings (SSSR count). The topological polar surface area (TPSA) is 60.9 Å². The number of carbonyl (C=O) groups is 2. The molecule has 2 heterocycles. The predicted molar refractivity (Wildman–Crippen MR) is 66.9 cm³/mol. The first-order chi connectivity index (χ1) is 8.72. The summed E-state index contributed by atoms with van der Waals surface area (Å²) in [5, 5.41) is 9.05. The summed E-state index contributed by atoms with van der Waals surface area (Å²) >= 11 is 0. The summed E-state index contributed by atoms with van der Waals surface area (Å²) in [5.41, 5.74) is 0. The number of piperidine rings is 1. The van der Waals surface area contributed by atoms with Gasteiger partial charge < -0.3 is 5.11 Å². The quantitative estimate of drug-likeness (QED) is 0.787. The van der Waals surface area contributed by atoms with Gasteiger partial charge in [-0.2, -0.15) is 0 Å². The molecule has 0 bridgehead atoms. The van der Waals surface area contributed by atoms with Crippen LogP contribution in [0.4, 0.5) is 0 Å². The lowest BCUT2D eigenvalue weighted by molar-refractivity contribution is -0.143. The lowest BCUT2D eigenvalue weighted by atomic mass is 9.99. The number of carbonyl (C=O) groups excluding carboxylic acids is 2. The Morgan fingerprint density at radius 3 is 2.78 bits per heavy atom. The van der Waals surface area contributed by atoms with E-state index in [4.69, 9.17) is 5.11 Å². The zero-order chi connectivity index (χ0) is 13.0. The molecule has 2 aliphatic rings. The van der Waals surface area contributed by atoms with Crippen molar-refractivity contribution in [3.05, 3.63) is 0 Å². The molecule has 1 N–H and O–H groups in total. The highest BCUT2D eigenvalue weighted by Crippen LogP contribution is 2.20. The lowest BCUT2D eigenvalue weighted by Crippen LogP contribution is -2.47. The number of imide groups is 1. The van der Waals surface area contributed by atoms with E-state index in [9.17, 15) is 9.59 Å². The summed E-state index contributed by atoms with van der Waals surface area (Å²) in [7, 11) is 0. The van der Waals surface area contributed by atoms with Gasteiger partial charge in [-0.05, 0) is 32.2 Å². The number of likely N-dealkylation sites (tertiary alicyclic amines) is 2. The molecule has 0 spiro atoms. The molecule has 2 saturated heterocycles. The fraction of sp³-hybridized carbons (Fsp3) is 0.846. The van der Waals surface area contributed by atoms with Crippen LogP contribution in [0, 0.1) is 0 Å². The van der Waals surface area contributed by atoms with Crippen LogP contribution in [0.1, 0.15) is 38.5 Å². The molecular weight excluding hydrogens is 232 g/mol. The molecule has 5 heteroatoms. The second-order valence-corrected chi connectivity index (χ2v) is 5.18. The van der Waals surface area contributed by atoms with E-state index >= 15 is 0 Å². The fourth-order valence-electron chi connectivity index (χ4n) is 2.92. The van der Waals surface area contributed by atoms with E-state index in [0.29, 0.717) is 25.6 Å². The maximum Gasteiger partial charge on any atom is 0.243 e. The summed E-state index contributed by atoms with van der Waals surface area (Å²) in [5.74, 6) is -0.0990. The van der Waals surface area contributed by atoms with Crippen molar-refractivity contribution in [1.82, 2.24) is 9.80 Å². The largest absolute Gasteiger partial charge is 0.396 e. The van der Waals surface area contributed by atoms with Gasteiger partial charge in [-0.3, -0.25) is 19.4 Å². The monoisotopic (exact) mass is 254 g/mol. The Bertz CT molecular complexity index is 317. The zero-order valence-electron chi connectivity index (χ0n) is 10.8. The van der Waals surface area contributed by atoms with Crippen LogP contribution in [0.25, 0.3) is 0 Å². The van der Waals surface area contributed by atoms with E-state index < -0.39 is 0 Å². The highest BCUT2D eigenvalue weighted by Gasteiger charge is 2.30. The SMILES string of the molecule is O=C1CCCN1C(=O)CN1CCCCC1CCO. The van der Waals surface area contributed by atoms with Gasteiger partial charge in [-0.15, -0.1) is 0 Å². The maximum atomic E-state index is 12.1. The Kier molecular flexibility index (Phi) is 4.72. The summed E-state index contributed by atoms with van der Waals surface area (Å²) in [4.78, 5) is 27.1. The predicted octanol–water partition coefficient (Wildman–Crippen LogP) is 0.372. The number of aliphatic hydroxyl groups excluding tert-OH is 1. The van der Waals surface area contributed by atoms with Gasteiger partial charge in [0, 0.05) is 25.6 Å². The van der Waals surface area contributed by atoms with Crippen LogP contribution >= 0.6 is 0 Å². The minimum Gasteiger partial charge on any atom is -0.396 e. The highest BCUT2D eigenvalue weighted by molar-refractivity contribution is 5.97. The molecule has 2 amide bonds. The number of hydrogen-bond donors (Lipinski definition) is 1. The third-order valence-corrected chi connectivity index (χ3v) is 3.92. The number of amides is 2. The van der Waals surface area contributed by atoms with Gasteiger partial charge in [0.05, 0.1) is 6.54 Å². The second kappa shape index (κ2) is 6.29. The molecule has 1 atom stereocenters. The Morgan fingerprint density at radius 1 is 1.28 bits per heavy atom. The van der Waals surface area contributed by atoms with Gasteiger partial charge in [-0.25, -0.2) is 0 Å². The van der Waals surface area contributed by atoms with Crippen LogP contribution in [-0.2, 0) is 9.59 Å². The average Bonchev–Trinajstić information content (AvgIpc) is 2.78. The molecule has 0 aromatic carbocycles. The smallest absolute Gasteiger partial charge is 0.243 e. The first kappa shape index (κ1) is 13.5. The molecule has 0 radical (unpaired) electrons. The Labute approximate surface area is 108 Å². The molecule has 0 aromatic heterocycles. The van der Waals surface area contributed by atoms with Gasteiger partial charge in [0.15, 0.2) is 0 Å². The van der Waals surface area contributed by atoms with E-state index in [-0.39, 0.29) is 18.4 Å². The second-order valence-electron chi connectivity index (χ2n) is 5.18. The normalized spacial score (nSPS) is 25.7. The molecular formula is C13H22N2O3. The minimum absolute atomic E-state index is 0.0317. The Balaban J connectivity index is 1.89. The highest BCUT2D eigenvalue weighted by atomic mass is 16.3. The standard InChI is InChI=1S/C13H22N2O3/c16-9-6-11-4-1-2-7-14(11)10-13(18)15-8-3-5-12(15)17/h11,16H,1-10H2. The molecule has 5 nitrogen and oxygen atoms in total. The zero-order valence-corrected chi connectivity index (χ0v) is 10.8. The molecule has 0 saturated carbocycles. The maximum absolute atomic E-state index is 12.1. The van der Waals surface area contributed by atoms with Crippen LogP contribution in [0.2, 0.25) is 0 Å². The summed E-state index contributed by atoms with van der Waals surface area (Å²) in [6.07, 6.45) is 5.33. The summed E-state index contributed by atoms with van der Waals surface area (Å²) < 4.78 is 0. The average molecular weight is 254 g/mol. The summed E-state index contributed by atoms with van der Waals surface area (Å²) in [6.45, 7) is 1.98. The van der Waals surface area contributed by atoms with Crippen molar-refractivity contribution in [2.24, 2.45) is 0 Å². The van der Waals surface area contributed by atoms with Gasteiger partial charge >= 0.3 is 0 Å². The van der Waals surface area contributed by atoms with Gasteiger partial charge in [0.25, 0.3) is 0 Å². The van der Waals surface area contributed by atoms with Crippen molar-refractivity contribution in [3.8, 4) is 0 Å². The molecule has 2 aliphatic heterocycles. The van der Waals surface area contributed by atoms with Crippen molar-refractivity contribution < 1.29 is 14.7 Å². The van der Waals surface area contributed by atoms with E-state index in [1.54, 1.807) is 0 Å². The summed E-state index contributed by atoms with van der Waals surface area (Å²) in [6, 6.07) is 0.297. The van der Waals surface area contributed by atoms with Crippen LogP contribution in [-0.4, -0.2) is 59.0 Å². The number of nitrogens with zero attached hydrogens (tertiary/aromatic N) is 2. The van der Waals surface area contributed by atoms with E-state index in [1.807, 2.05) is 0 Å². The van der Waals surface area contributed by atoms with Crippen molar-refractivity contribution >= 4 is 11.8 Å². The molecule has 18 heavy (non-hydrogen) atoms. The van der Waals surface area contributed by atoms with Crippen molar-refractivity contribution in [2.75, 3.05) is 26.2 Å². The van der Waals surface area contributed by atoms with E-state index in [2.05, 4.69) is 4.90 Å². The number of rotatable bonds is 4. The van der Waals surface area contributed by atoms with Gasteiger partial charge in [0.2, 0.25) is 11.8 Å².